The van der Waals surface area contributed by atoms with E-state index < -0.39 is 4.92 Å². The maximum absolute atomic E-state index is 12.4. The van der Waals surface area contributed by atoms with Gasteiger partial charge in [-0.15, -0.1) is 0 Å². The summed E-state index contributed by atoms with van der Waals surface area (Å²) < 4.78 is 0. The van der Waals surface area contributed by atoms with Gasteiger partial charge in [-0.25, -0.2) is 0 Å². The topological polar surface area (TPSA) is 78.7 Å². The predicted molar refractivity (Wildman–Crippen MR) is 101 cm³/mol. The summed E-state index contributed by atoms with van der Waals surface area (Å²) in [5, 5.41) is 13.7. The van der Waals surface area contributed by atoms with Crippen LogP contribution in [0.1, 0.15) is 6.92 Å². The second kappa shape index (κ2) is 7.97. The lowest BCUT2D eigenvalue weighted by Crippen LogP contribution is -2.52. The van der Waals surface area contributed by atoms with Crippen molar-refractivity contribution in [2.75, 3.05) is 36.4 Å². The molecule has 0 bridgehead atoms. The van der Waals surface area contributed by atoms with Crippen LogP contribution in [0.3, 0.4) is 0 Å². The number of carbonyl (C=O) groups excluding carboxylic acids is 1. The van der Waals surface area contributed by atoms with E-state index in [0.29, 0.717) is 0 Å². The molecule has 2 aromatic rings. The predicted octanol–water partition coefficient (Wildman–Crippen LogP) is 2.74. The molecule has 26 heavy (non-hydrogen) atoms. The molecule has 0 aliphatic carbocycles. The summed E-state index contributed by atoms with van der Waals surface area (Å²) in [5.41, 5.74) is 1.86. The highest BCUT2D eigenvalue weighted by Gasteiger charge is 2.25. The van der Waals surface area contributed by atoms with Crippen molar-refractivity contribution in [3.63, 3.8) is 0 Å². The molecule has 1 N–H and O–H groups in total. The van der Waals surface area contributed by atoms with Crippen molar-refractivity contribution in [2.45, 2.75) is 13.0 Å². The molecule has 1 saturated heterocycles. The molecule has 3 rings (SSSR count). The van der Waals surface area contributed by atoms with Crippen molar-refractivity contribution in [1.29, 1.82) is 0 Å². The van der Waals surface area contributed by atoms with Gasteiger partial charge in [0.1, 0.15) is 0 Å². The SMILES string of the molecule is CC(C(=O)Nc1ccccc1)N1CCN(c2ccc([N+](=O)[O-])cc2)CC1. The number of amides is 1. The molecule has 0 radical (unpaired) electrons. The van der Waals surface area contributed by atoms with E-state index in [1.165, 1.54) is 12.1 Å². The molecule has 0 spiro atoms. The molecule has 1 aliphatic rings. The van der Waals surface area contributed by atoms with Crippen LogP contribution in [-0.2, 0) is 4.79 Å². The third-order valence-electron chi connectivity index (χ3n) is 4.71. The molecule has 0 saturated carbocycles. The minimum absolute atomic E-state index is 0.0139. The lowest BCUT2D eigenvalue weighted by molar-refractivity contribution is -0.384. The van der Waals surface area contributed by atoms with Gasteiger partial charge < -0.3 is 10.2 Å². The Balaban J connectivity index is 1.54. The zero-order chi connectivity index (χ0) is 18.5. The van der Waals surface area contributed by atoms with Gasteiger partial charge in [0.2, 0.25) is 5.91 Å². The summed E-state index contributed by atoms with van der Waals surface area (Å²) in [6, 6.07) is 15.8. The van der Waals surface area contributed by atoms with E-state index in [1.807, 2.05) is 37.3 Å². The van der Waals surface area contributed by atoms with Gasteiger partial charge in [-0.05, 0) is 31.2 Å². The van der Waals surface area contributed by atoms with E-state index in [9.17, 15) is 14.9 Å². The van der Waals surface area contributed by atoms with Crippen molar-refractivity contribution in [1.82, 2.24) is 4.90 Å². The molecular weight excluding hydrogens is 332 g/mol. The van der Waals surface area contributed by atoms with Crippen LogP contribution in [0, 0.1) is 10.1 Å². The average Bonchev–Trinajstić information content (AvgIpc) is 2.68. The Morgan fingerprint density at radius 2 is 1.65 bits per heavy atom. The highest BCUT2D eigenvalue weighted by atomic mass is 16.6. The summed E-state index contributed by atoms with van der Waals surface area (Å²) in [5.74, 6) is -0.0139. The smallest absolute Gasteiger partial charge is 0.269 e. The first kappa shape index (κ1) is 17.9. The first-order valence-corrected chi connectivity index (χ1v) is 8.64. The fraction of sp³-hybridized carbons (Fsp3) is 0.316. The summed E-state index contributed by atoms with van der Waals surface area (Å²) in [6.45, 7) is 5.00. The lowest BCUT2D eigenvalue weighted by atomic mass is 10.2. The maximum Gasteiger partial charge on any atom is 0.269 e. The third-order valence-corrected chi connectivity index (χ3v) is 4.71. The summed E-state index contributed by atoms with van der Waals surface area (Å²) in [7, 11) is 0. The van der Waals surface area contributed by atoms with E-state index >= 15 is 0 Å². The number of rotatable bonds is 5. The standard InChI is InChI=1S/C19H22N4O3/c1-15(19(24)20-16-5-3-2-4-6-16)21-11-13-22(14-12-21)17-7-9-18(10-8-17)23(25)26/h2-10,15H,11-14H2,1H3,(H,20,24). The zero-order valence-electron chi connectivity index (χ0n) is 14.7. The fourth-order valence-electron chi connectivity index (χ4n) is 3.09. The minimum Gasteiger partial charge on any atom is -0.369 e. The number of nitrogens with one attached hydrogen (secondary N) is 1. The molecular formula is C19H22N4O3. The average molecular weight is 354 g/mol. The minimum atomic E-state index is -0.394. The number of piperazine rings is 1. The third kappa shape index (κ3) is 4.18. The number of hydrogen-bond donors (Lipinski definition) is 1. The van der Waals surface area contributed by atoms with Gasteiger partial charge in [0.15, 0.2) is 0 Å². The van der Waals surface area contributed by atoms with Gasteiger partial charge in [-0.3, -0.25) is 19.8 Å². The summed E-state index contributed by atoms with van der Waals surface area (Å²) in [6.07, 6.45) is 0. The molecule has 1 fully saturated rings. The monoisotopic (exact) mass is 354 g/mol. The van der Waals surface area contributed by atoms with Gasteiger partial charge in [-0.1, -0.05) is 18.2 Å². The van der Waals surface area contributed by atoms with Crippen LogP contribution in [0.4, 0.5) is 17.1 Å². The van der Waals surface area contributed by atoms with Crippen molar-refractivity contribution in [2.24, 2.45) is 0 Å². The van der Waals surface area contributed by atoms with Gasteiger partial charge in [0.25, 0.3) is 5.69 Å². The molecule has 2 aromatic carbocycles. The van der Waals surface area contributed by atoms with E-state index in [4.69, 9.17) is 0 Å². The van der Waals surface area contributed by atoms with Crippen LogP contribution in [0.5, 0.6) is 0 Å². The van der Waals surface area contributed by atoms with Crippen molar-refractivity contribution >= 4 is 23.0 Å². The molecule has 1 heterocycles. The second-order valence-corrected chi connectivity index (χ2v) is 6.33. The molecule has 1 atom stereocenters. The Kier molecular flexibility index (Phi) is 5.48. The molecule has 7 nitrogen and oxygen atoms in total. The Hall–Kier alpha value is -2.93. The molecule has 1 amide bonds. The lowest BCUT2D eigenvalue weighted by Gasteiger charge is -2.38. The number of benzene rings is 2. The molecule has 136 valence electrons. The fourth-order valence-corrected chi connectivity index (χ4v) is 3.09. The van der Waals surface area contributed by atoms with Gasteiger partial charge in [0, 0.05) is 49.7 Å². The Morgan fingerprint density at radius 1 is 1.04 bits per heavy atom. The summed E-state index contributed by atoms with van der Waals surface area (Å²) >= 11 is 0. The Morgan fingerprint density at radius 3 is 2.23 bits per heavy atom. The summed E-state index contributed by atoms with van der Waals surface area (Å²) in [4.78, 5) is 27.1. The molecule has 7 heteroatoms. The Bertz CT molecular complexity index is 756. The van der Waals surface area contributed by atoms with Gasteiger partial charge >= 0.3 is 0 Å². The number of anilines is 2. The van der Waals surface area contributed by atoms with Gasteiger partial charge in [0.05, 0.1) is 11.0 Å². The van der Waals surface area contributed by atoms with Crippen LogP contribution in [0.25, 0.3) is 0 Å². The number of nitrogens with zero attached hydrogens (tertiary/aromatic N) is 3. The van der Waals surface area contributed by atoms with Crippen molar-refractivity contribution < 1.29 is 9.72 Å². The number of nitro groups is 1. The van der Waals surface area contributed by atoms with Crippen molar-refractivity contribution in [3.8, 4) is 0 Å². The quantitative estimate of drug-likeness (QED) is 0.660. The number of nitro benzene ring substituents is 1. The van der Waals surface area contributed by atoms with Crippen LogP contribution in [0.2, 0.25) is 0 Å². The van der Waals surface area contributed by atoms with Crippen LogP contribution in [-0.4, -0.2) is 48.0 Å². The number of hydrogen-bond acceptors (Lipinski definition) is 5. The number of para-hydroxylation sites is 1. The highest BCUT2D eigenvalue weighted by Crippen LogP contribution is 2.21. The second-order valence-electron chi connectivity index (χ2n) is 6.33. The molecule has 1 aliphatic heterocycles. The first-order chi connectivity index (χ1) is 12.5. The maximum atomic E-state index is 12.4. The van der Waals surface area contributed by atoms with Crippen LogP contribution in [0.15, 0.2) is 54.6 Å². The molecule has 0 aromatic heterocycles. The number of non-ortho nitro benzene ring substituents is 1. The van der Waals surface area contributed by atoms with E-state index in [0.717, 1.165) is 37.6 Å². The molecule has 1 unspecified atom stereocenters. The van der Waals surface area contributed by atoms with Crippen molar-refractivity contribution in [3.05, 3.63) is 64.7 Å². The van der Waals surface area contributed by atoms with Crippen LogP contribution >= 0.6 is 0 Å². The van der Waals surface area contributed by atoms with Gasteiger partial charge in [-0.2, -0.15) is 0 Å². The zero-order valence-corrected chi connectivity index (χ0v) is 14.7. The first-order valence-electron chi connectivity index (χ1n) is 8.64. The van der Waals surface area contributed by atoms with E-state index in [1.54, 1.807) is 12.1 Å². The van der Waals surface area contributed by atoms with E-state index in [2.05, 4.69) is 15.1 Å². The van der Waals surface area contributed by atoms with E-state index in [-0.39, 0.29) is 17.6 Å². The van der Waals surface area contributed by atoms with Crippen LogP contribution < -0.4 is 10.2 Å². The number of carbonyl (C=O) groups is 1. The highest BCUT2D eigenvalue weighted by molar-refractivity contribution is 5.94. The normalized spacial score (nSPS) is 16.1. The Labute approximate surface area is 152 Å². The largest absolute Gasteiger partial charge is 0.369 e.